The zero-order valence-corrected chi connectivity index (χ0v) is 10.2. The van der Waals surface area contributed by atoms with Gasteiger partial charge in [-0.15, -0.1) is 11.3 Å². The Hall–Kier alpha value is -0.810. The van der Waals surface area contributed by atoms with Crippen molar-refractivity contribution in [1.29, 1.82) is 0 Å². The average molecular weight is 257 g/mol. The first-order valence-corrected chi connectivity index (χ1v) is 6.28. The van der Waals surface area contributed by atoms with Gasteiger partial charge in [-0.1, -0.05) is 11.6 Å². The highest BCUT2D eigenvalue weighted by Gasteiger charge is 2.15. The molecule has 0 amide bonds. The molecular formula is C11H13ClN2OS. The Balaban J connectivity index is 1.99. The van der Waals surface area contributed by atoms with Crippen LogP contribution >= 0.6 is 22.9 Å². The van der Waals surface area contributed by atoms with Crippen LogP contribution in [0.4, 0.5) is 0 Å². The fraction of sp³-hybridized carbons (Fsp3) is 0.273. The van der Waals surface area contributed by atoms with Crippen molar-refractivity contribution in [2.75, 3.05) is 0 Å². The summed E-state index contributed by atoms with van der Waals surface area (Å²) in [5.74, 6) is 6.51. The number of nitrogens with one attached hydrogen (secondary N) is 1. The number of hydrogen-bond donors (Lipinski definition) is 2. The molecule has 86 valence electrons. The van der Waals surface area contributed by atoms with E-state index in [0.29, 0.717) is 0 Å². The van der Waals surface area contributed by atoms with Gasteiger partial charge in [0, 0.05) is 11.3 Å². The second kappa shape index (κ2) is 5.50. The molecular weight excluding hydrogens is 244 g/mol. The molecule has 3 N–H and O–H groups in total. The lowest BCUT2D eigenvalue weighted by Gasteiger charge is -2.13. The van der Waals surface area contributed by atoms with E-state index in [0.717, 1.165) is 28.5 Å². The van der Waals surface area contributed by atoms with E-state index in [2.05, 4.69) is 5.43 Å². The van der Waals surface area contributed by atoms with Crippen molar-refractivity contribution in [3.05, 3.63) is 45.5 Å². The molecule has 2 rings (SSSR count). The summed E-state index contributed by atoms with van der Waals surface area (Å²) in [4.78, 5) is 1.08. The van der Waals surface area contributed by atoms with Crippen LogP contribution in [0.2, 0.25) is 5.02 Å². The highest BCUT2D eigenvalue weighted by atomic mass is 35.5. The molecule has 1 unspecified atom stereocenters. The lowest BCUT2D eigenvalue weighted by molar-refractivity contribution is 0.462. The van der Waals surface area contributed by atoms with Crippen molar-refractivity contribution >= 4 is 22.9 Å². The number of hydrazine groups is 1. The van der Waals surface area contributed by atoms with Gasteiger partial charge in [-0.05, 0) is 30.0 Å². The summed E-state index contributed by atoms with van der Waals surface area (Å²) >= 11 is 7.68. The van der Waals surface area contributed by atoms with E-state index in [1.165, 1.54) is 0 Å². The maximum Gasteiger partial charge on any atom is 0.103 e. The number of hydrogen-bond acceptors (Lipinski definition) is 4. The highest BCUT2D eigenvalue weighted by Crippen LogP contribution is 2.30. The molecule has 0 aromatic carbocycles. The molecule has 0 spiro atoms. The second-order valence-electron chi connectivity index (χ2n) is 3.47. The molecule has 2 heterocycles. The Morgan fingerprint density at radius 1 is 1.50 bits per heavy atom. The van der Waals surface area contributed by atoms with E-state index in [1.807, 2.05) is 23.6 Å². The van der Waals surface area contributed by atoms with Crippen LogP contribution in [-0.2, 0) is 6.42 Å². The Morgan fingerprint density at radius 2 is 2.38 bits per heavy atom. The molecule has 0 aliphatic carbocycles. The maximum atomic E-state index is 6.07. The van der Waals surface area contributed by atoms with Gasteiger partial charge in [0.05, 0.1) is 17.3 Å². The molecule has 2 aromatic heterocycles. The largest absolute Gasteiger partial charge is 0.469 e. The van der Waals surface area contributed by atoms with Gasteiger partial charge < -0.3 is 4.42 Å². The van der Waals surface area contributed by atoms with Crippen molar-refractivity contribution < 1.29 is 4.42 Å². The summed E-state index contributed by atoms with van der Waals surface area (Å²) in [6.07, 6.45) is 3.39. The first-order chi connectivity index (χ1) is 7.81. The number of halogens is 1. The smallest absolute Gasteiger partial charge is 0.103 e. The predicted octanol–water partition coefficient (Wildman–Crippen LogP) is 3.13. The molecule has 5 heteroatoms. The summed E-state index contributed by atoms with van der Waals surface area (Å²) in [5, 5.41) is 2.74. The minimum atomic E-state index is 0.0811. The predicted molar refractivity (Wildman–Crippen MR) is 66.4 cm³/mol. The van der Waals surface area contributed by atoms with Gasteiger partial charge in [-0.3, -0.25) is 11.3 Å². The number of aryl methyl sites for hydroxylation is 1. The summed E-state index contributed by atoms with van der Waals surface area (Å²) in [6, 6.07) is 5.82. The van der Waals surface area contributed by atoms with Gasteiger partial charge in [0.1, 0.15) is 5.76 Å². The Bertz CT molecular complexity index is 427. The summed E-state index contributed by atoms with van der Waals surface area (Å²) in [5.41, 5.74) is 2.79. The monoisotopic (exact) mass is 256 g/mol. The third-order valence-corrected chi connectivity index (χ3v) is 3.89. The van der Waals surface area contributed by atoms with Gasteiger partial charge in [0.15, 0.2) is 0 Å². The molecule has 1 atom stereocenters. The summed E-state index contributed by atoms with van der Waals surface area (Å²) in [7, 11) is 0. The topological polar surface area (TPSA) is 51.2 Å². The molecule has 0 aliphatic rings. The summed E-state index contributed by atoms with van der Waals surface area (Å²) < 4.78 is 5.28. The van der Waals surface area contributed by atoms with Crippen molar-refractivity contribution in [2.45, 2.75) is 18.9 Å². The van der Waals surface area contributed by atoms with E-state index in [4.69, 9.17) is 21.9 Å². The van der Waals surface area contributed by atoms with Crippen molar-refractivity contribution in [3.8, 4) is 0 Å². The SMILES string of the molecule is NNC(CCc1ccco1)c1sccc1Cl. The van der Waals surface area contributed by atoms with E-state index in [-0.39, 0.29) is 6.04 Å². The van der Waals surface area contributed by atoms with Crippen LogP contribution in [0.3, 0.4) is 0 Å². The summed E-state index contributed by atoms with van der Waals surface area (Å²) in [6.45, 7) is 0. The average Bonchev–Trinajstić information content (AvgIpc) is 2.92. The van der Waals surface area contributed by atoms with Crippen molar-refractivity contribution in [2.24, 2.45) is 5.84 Å². The van der Waals surface area contributed by atoms with Crippen LogP contribution < -0.4 is 11.3 Å². The van der Waals surface area contributed by atoms with Crippen LogP contribution in [0.5, 0.6) is 0 Å². The fourth-order valence-corrected chi connectivity index (χ4v) is 2.87. The second-order valence-corrected chi connectivity index (χ2v) is 4.82. The van der Waals surface area contributed by atoms with Gasteiger partial charge in [-0.2, -0.15) is 0 Å². The minimum absolute atomic E-state index is 0.0811. The highest BCUT2D eigenvalue weighted by molar-refractivity contribution is 7.10. The quantitative estimate of drug-likeness (QED) is 0.638. The number of thiophene rings is 1. The Morgan fingerprint density at radius 3 is 2.94 bits per heavy atom. The number of rotatable bonds is 5. The molecule has 0 fully saturated rings. The van der Waals surface area contributed by atoms with E-state index < -0.39 is 0 Å². The van der Waals surface area contributed by atoms with Crippen LogP contribution in [0, 0.1) is 0 Å². The van der Waals surface area contributed by atoms with E-state index in [9.17, 15) is 0 Å². The third kappa shape index (κ3) is 2.65. The number of furan rings is 1. The normalized spacial score (nSPS) is 12.9. The zero-order valence-electron chi connectivity index (χ0n) is 8.65. The standard InChI is InChI=1S/C11H13ClN2OS/c12-9-5-7-16-11(9)10(14-13)4-3-8-2-1-6-15-8/h1-2,5-7,10,14H,3-4,13H2. The molecule has 0 saturated heterocycles. The minimum Gasteiger partial charge on any atom is -0.469 e. The van der Waals surface area contributed by atoms with Crippen LogP contribution in [0.1, 0.15) is 23.1 Å². The van der Waals surface area contributed by atoms with Crippen LogP contribution in [0.25, 0.3) is 0 Å². The maximum absolute atomic E-state index is 6.07. The molecule has 16 heavy (non-hydrogen) atoms. The number of nitrogens with two attached hydrogens (primary N) is 1. The van der Waals surface area contributed by atoms with E-state index in [1.54, 1.807) is 17.6 Å². The molecule has 0 bridgehead atoms. The lowest BCUT2D eigenvalue weighted by atomic mass is 10.1. The van der Waals surface area contributed by atoms with E-state index >= 15 is 0 Å². The molecule has 0 aliphatic heterocycles. The third-order valence-electron chi connectivity index (χ3n) is 2.42. The first-order valence-electron chi connectivity index (χ1n) is 5.02. The molecule has 0 radical (unpaired) electrons. The molecule has 2 aromatic rings. The first kappa shape index (κ1) is 11.7. The molecule has 0 saturated carbocycles. The Labute approximate surface area is 103 Å². The van der Waals surface area contributed by atoms with Crippen molar-refractivity contribution in [3.63, 3.8) is 0 Å². The van der Waals surface area contributed by atoms with Crippen LogP contribution in [-0.4, -0.2) is 0 Å². The fourth-order valence-electron chi connectivity index (χ4n) is 1.59. The van der Waals surface area contributed by atoms with Gasteiger partial charge >= 0.3 is 0 Å². The lowest BCUT2D eigenvalue weighted by Crippen LogP contribution is -2.27. The van der Waals surface area contributed by atoms with Crippen LogP contribution in [0.15, 0.2) is 34.3 Å². The van der Waals surface area contributed by atoms with Crippen molar-refractivity contribution in [1.82, 2.24) is 5.43 Å². The van der Waals surface area contributed by atoms with Gasteiger partial charge in [0.25, 0.3) is 0 Å². The van der Waals surface area contributed by atoms with Gasteiger partial charge in [-0.25, -0.2) is 0 Å². The molecule has 3 nitrogen and oxygen atoms in total. The zero-order chi connectivity index (χ0) is 11.4. The van der Waals surface area contributed by atoms with Gasteiger partial charge in [0.2, 0.25) is 0 Å². The Kier molecular flexibility index (Phi) is 4.01.